The van der Waals surface area contributed by atoms with Crippen molar-refractivity contribution in [2.75, 3.05) is 24.3 Å². The third kappa shape index (κ3) is 4.58. The second kappa shape index (κ2) is 9.21. The Balaban J connectivity index is 1.52. The number of aliphatic hydroxyl groups is 3. The second-order valence-corrected chi connectivity index (χ2v) is 10.8. The molecule has 0 saturated heterocycles. The van der Waals surface area contributed by atoms with Crippen molar-refractivity contribution < 1.29 is 20.1 Å². The Morgan fingerprint density at radius 1 is 1.17 bits per heavy atom. The molecule has 0 aliphatic heterocycles. The third-order valence-corrected chi connectivity index (χ3v) is 8.24. The number of aromatic nitrogens is 4. The van der Waals surface area contributed by atoms with Crippen molar-refractivity contribution in [1.82, 2.24) is 19.9 Å². The molecule has 0 amide bonds. The minimum Gasteiger partial charge on any atom is -0.390 e. The summed E-state index contributed by atoms with van der Waals surface area (Å²) in [7, 11) is 1.65. The van der Waals surface area contributed by atoms with Crippen LogP contribution in [0.3, 0.4) is 0 Å². The lowest BCUT2D eigenvalue weighted by atomic mass is 9.96. The van der Waals surface area contributed by atoms with E-state index in [1.165, 1.54) is 11.3 Å². The lowest BCUT2D eigenvalue weighted by molar-refractivity contribution is -0.0312. The Morgan fingerprint density at radius 3 is 2.63 bits per heavy atom. The summed E-state index contributed by atoms with van der Waals surface area (Å²) in [5.41, 5.74) is 2.26. The summed E-state index contributed by atoms with van der Waals surface area (Å²) in [4.78, 5) is 18.6. The summed E-state index contributed by atoms with van der Waals surface area (Å²) >= 11 is 1.53. The van der Waals surface area contributed by atoms with Gasteiger partial charge in [0.1, 0.15) is 22.4 Å². The van der Waals surface area contributed by atoms with Crippen LogP contribution in [0.15, 0.2) is 12.3 Å². The third-order valence-electron chi connectivity index (χ3n) is 7.20. The quantitative estimate of drug-likeness (QED) is 0.312. The molecule has 5 N–H and O–H groups in total. The van der Waals surface area contributed by atoms with Gasteiger partial charge in [-0.1, -0.05) is 0 Å². The van der Waals surface area contributed by atoms with Crippen LogP contribution >= 0.6 is 11.3 Å². The van der Waals surface area contributed by atoms with Gasteiger partial charge in [0.15, 0.2) is 0 Å². The lowest BCUT2D eigenvalue weighted by Crippen LogP contribution is -2.37. The Bertz CT molecular complexity index is 1230. The summed E-state index contributed by atoms with van der Waals surface area (Å²) in [6.45, 7) is 6.31. The Kier molecular flexibility index (Phi) is 6.39. The number of thiazole rings is 1. The van der Waals surface area contributed by atoms with Gasteiger partial charge in [-0.3, -0.25) is 4.98 Å². The van der Waals surface area contributed by atoms with Crippen molar-refractivity contribution >= 4 is 33.3 Å². The molecule has 3 heterocycles. The standard InChI is InChI=1S/C24H32N6O4S/c1-11(34-4)10-26-23-27-12(2)17(22-29-18-13(3)25-8-5-16(18)35-22)21(30-23)28-15-9-14(19(31)20(15)32)24(33)6-7-24/h5,8,11,14-15,19-20,31-33H,6-7,9-10H2,1-4H3,(H2,26,27,28,30)/t11-,14+,15-,19-,20+/m1/s1. The van der Waals surface area contributed by atoms with Crippen LogP contribution in [0.5, 0.6) is 0 Å². The van der Waals surface area contributed by atoms with Gasteiger partial charge in [0.2, 0.25) is 5.95 Å². The molecule has 0 unspecified atom stereocenters. The Labute approximate surface area is 207 Å². The predicted molar refractivity (Wildman–Crippen MR) is 135 cm³/mol. The fraction of sp³-hybridized carbons (Fsp3) is 0.583. The second-order valence-electron chi connectivity index (χ2n) is 9.72. The van der Waals surface area contributed by atoms with Crippen LogP contribution in [0.4, 0.5) is 11.8 Å². The van der Waals surface area contributed by atoms with E-state index in [-0.39, 0.29) is 12.0 Å². The highest BCUT2D eigenvalue weighted by Crippen LogP contribution is 2.50. The number of rotatable bonds is 8. The molecule has 2 aliphatic rings. The van der Waals surface area contributed by atoms with Crippen molar-refractivity contribution in [2.24, 2.45) is 5.92 Å². The molecule has 10 nitrogen and oxygen atoms in total. The minimum atomic E-state index is -1.03. The first-order valence-electron chi connectivity index (χ1n) is 11.9. The summed E-state index contributed by atoms with van der Waals surface area (Å²) in [5.74, 6) is 0.578. The molecule has 2 saturated carbocycles. The van der Waals surface area contributed by atoms with Crippen molar-refractivity contribution in [2.45, 2.75) is 70.0 Å². The zero-order valence-electron chi connectivity index (χ0n) is 20.3. The summed E-state index contributed by atoms with van der Waals surface area (Å²) in [6, 6.07) is 1.46. The molecule has 0 aromatic carbocycles. The zero-order valence-corrected chi connectivity index (χ0v) is 21.1. The largest absolute Gasteiger partial charge is 0.390 e. The maximum atomic E-state index is 10.8. The number of methoxy groups -OCH3 is 1. The van der Waals surface area contributed by atoms with Crippen molar-refractivity contribution in [3.05, 3.63) is 23.7 Å². The Hall–Kier alpha value is -2.44. The van der Waals surface area contributed by atoms with E-state index >= 15 is 0 Å². The van der Waals surface area contributed by atoms with Gasteiger partial charge < -0.3 is 30.7 Å². The number of hydrogen-bond acceptors (Lipinski definition) is 11. The van der Waals surface area contributed by atoms with E-state index in [4.69, 9.17) is 14.7 Å². The van der Waals surface area contributed by atoms with Crippen LogP contribution < -0.4 is 10.6 Å². The molecule has 0 spiro atoms. The fourth-order valence-corrected chi connectivity index (χ4v) is 5.91. The molecule has 5 rings (SSSR count). The van der Waals surface area contributed by atoms with Crippen LogP contribution in [0.2, 0.25) is 0 Å². The first-order valence-corrected chi connectivity index (χ1v) is 12.7. The van der Waals surface area contributed by atoms with E-state index in [1.54, 1.807) is 13.3 Å². The molecule has 188 valence electrons. The number of aryl methyl sites for hydroxylation is 2. The summed E-state index contributed by atoms with van der Waals surface area (Å²) < 4.78 is 6.34. The van der Waals surface area contributed by atoms with E-state index in [2.05, 4.69) is 20.6 Å². The zero-order chi connectivity index (χ0) is 24.9. The smallest absolute Gasteiger partial charge is 0.224 e. The van der Waals surface area contributed by atoms with Gasteiger partial charge in [0.05, 0.1) is 45.5 Å². The molecule has 3 aromatic heterocycles. The molecule has 3 aromatic rings. The minimum absolute atomic E-state index is 0.0263. The monoisotopic (exact) mass is 500 g/mol. The van der Waals surface area contributed by atoms with E-state index in [9.17, 15) is 15.3 Å². The van der Waals surface area contributed by atoms with E-state index in [1.807, 2.05) is 26.8 Å². The number of fused-ring (bicyclic) bond motifs is 1. The highest BCUT2D eigenvalue weighted by Gasteiger charge is 2.57. The lowest BCUT2D eigenvalue weighted by Gasteiger charge is -2.21. The number of hydrogen-bond donors (Lipinski definition) is 5. The van der Waals surface area contributed by atoms with Crippen LogP contribution in [0.25, 0.3) is 20.8 Å². The maximum absolute atomic E-state index is 10.8. The Morgan fingerprint density at radius 2 is 1.94 bits per heavy atom. The summed E-state index contributed by atoms with van der Waals surface area (Å²) in [6.07, 6.45) is 1.45. The number of pyridine rings is 1. The molecular weight excluding hydrogens is 468 g/mol. The number of ether oxygens (including phenoxy) is 1. The van der Waals surface area contributed by atoms with Crippen molar-refractivity contribution in [1.29, 1.82) is 0 Å². The topological polar surface area (TPSA) is 146 Å². The number of anilines is 2. The fourth-order valence-electron chi connectivity index (χ4n) is 4.80. The number of aliphatic hydroxyl groups excluding tert-OH is 2. The van der Waals surface area contributed by atoms with Gasteiger partial charge in [-0.05, 0) is 46.1 Å². The van der Waals surface area contributed by atoms with E-state index in [0.29, 0.717) is 37.6 Å². The van der Waals surface area contributed by atoms with Gasteiger partial charge in [0, 0.05) is 25.8 Å². The van der Waals surface area contributed by atoms with Crippen LogP contribution in [0, 0.1) is 19.8 Å². The van der Waals surface area contributed by atoms with Crippen LogP contribution in [-0.4, -0.2) is 78.9 Å². The first kappa shape index (κ1) is 24.3. The van der Waals surface area contributed by atoms with E-state index in [0.717, 1.165) is 32.2 Å². The average molecular weight is 501 g/mol. The first-order chi connectivity index (χ1) is 16.7. The average Bonchev–Trinajstić information content (AvgIpc) is 3.31. The van der Waals surface area contributed by atoms with Gasteiger partial charge in [0.25, 0.3) is 0 Å². The molecule has 2 fully saturated rings. The molecule has 35 heavy (non-hydrogen) atoms. The molecule has 0 bridgehead atoms. The van der Waals surface area contributed by atoms with Crippen LogP contribution in [0.1, 0.15) is 37.6 Å². The number of nitrogens with zero attached hydrogens (tertiary/aromatic N) is 4. The highest BCUT2D eigenvalue weighted by molar-refractivity contribution is 7.21. The maximum Gasteiger partial charge on any atom is 0.224 e. The van der Waals surface area contributed by atoms with Crippen LogP contribution in [-0.2, 0) is 4.74 Å². The van der Waals surface area contributed by atoms with Gasteiger partial charge in [-0.2, -0.15) is 4.98 Å². The summed E-state index contributed by atoms with van der Waals surface area (Å²) in [5, 5.41) is 39.4. The molecule has 5 atom stereocenters. The van der Waals surface area contributed by atoms with Crippen molar-refractivity contribution in [3.63, 3.8) is 0 Å². The number of nitrogens with one attached hydrogen (secondary N) is 2. The van der Waals surface area contributed by atoms with E-state index < -0.39 is 23.9 Å². The SMILES string of the molecule is CO[C@H](C)CNc1nc(C)c(-c2nc3c(C)nccc3s2)c(N[C@@H]2C[C@H](C3(O)CC3)[C@@H](O)[C@H]2O)n1. The molecule has 0 radical (unpaired) electrons. The predicted octanol–water partition coefficient (Wildman–Crippen LogP) is 2.26. The van der Waals surface area contributed by atoms with Gasteiger partial charge in [-0.15, -0.1) is 11.3 Å². The highest BCUT2D eigenvalue weighted by atomic mass is 32.1. The molecule has 11 heteroatoms. The molecular formula is C24H32N6O4S. The van der Waals surface area contributed by atoms with Gasteiger partial charge in [-0.25, -0.2) is 9.97 Å². The van der Waals surface area contributed by atoms with Gasteiger partial charge >= 0.3 is 0 Å². The van der Waals surface area contributed by atoms with Crippen molar-refractivity contribution in [3.8, 4) is 10.6 Å². The molecule has 2 aliphatic carbocycles. The normalized spacial score (nSPS) is 26.1.